The molecular formula is C31H45N3. The van der Waals surface area contributed by atoms with Crippen LogP contribution in [0.3, 0.4) is 0 Å². The van der Waals surface area contributed by atoms with Crippen LogP contribution in [-0.4, -0.2) is 15.0 Å². The average molecular weight is 460 g/mol. The molecule has 0 fully saturated rings. The Kier molecular flexibility index (Phi) is 11.7. The van der Waals surface area contributed by atoms with E-state index in [9.17, 15) is 0 Å². The predicted molar refractivity (Wildman–Crippen MR) is 148 cm³/mol. The SMILES string of the molecule is CC(C)Cc1c[nH]c2ccccc12.CC(C)Cc1cnc[nH]1.Cc1ccc(CCC(C)C)cc1. The van der Waals surface area contributed by atoms with E-state index in [0.29, 0.717) is 5.92 Å². The summed E-state index contributed by atoms with van der Waals surface area (Å²) in [7, 11) is 0. The fraction of sp³-hybridized carbons (Fsp3) is 0.452. The number of hydrogen-bond donors (Lipinski definition) is 2. The van der Waals surface area contributed by atoms with Gasteiger partial charge >= 0.3 is 0 Å². The number of aromatic nitrogens is 3. The molecule has 0 atom stereocenters. The Labute approximate surface area is 207 Å². The fourth-order valence-corrected chi connectivity index (χ4v) is 3.79. The molecule has 0 aliphatic heterocycles. The smallest absolute Gasteiger partial charge is 0.0921 e. The second kappa shape index (κ2) is 14.5. The number of fused-ring (bicyclic) bond motifs is 1. The van der Waals surface area contributed by atoms with E-state index in [4.69, 9.17) is 0 Å². The topological polar surface area (TPSA) is 44.5 Å². The number of aromatic amines is 2. The van der Waals surface area contributed by atoms with Crippen LogP contribution in [0.4, 0.5) is 0 Å². The van der Waals surface area contributed by atoms with Crippen molar-refractivity contribution in [2.24, 2.45) is 17.8 Å². The molecule has 0 aliphatic rings. The molecule has 0 amide bonds. The van der Waals surface area contributed by atoms with Crippen LogP contribution < -0.4 is 0 Å². The number of nitrogens with zero attached hydrogens (tertiary/aromatic N) is 1. The summed E-state index contributed by atoms with van der Waals surface area (Å²) in [6.45, 7) is 15.6. The van der Waals surface area contributed by atoms with Crippen LogP contribution in [0.1, 0.15) is 70.3 Å². The highest BCUT2D eigenvalue weighted by Gasteiger charge is 2.04. The van der Waals surface area contributed by atoms with E-state index in [1.807, 2.05) is 6.20 Å². The molecule has 3 nitrogen and oxygen atoms in total. The molecule has 0 unspecified atom stereocenters. The lowest BCUT2D eigenvalue weighted by Gasteiger charge is -2.04. The molecule has 0 bridgehead atoms. The van der Waals surface area contributed by atoms with Gasteiger partial charge in [0.2, 0.25) is 0 Å². The highest BCUT2D eigenvalue weighted by molar-refractivity contribution is 5.83. The Morgan fingerprint density at radius 3 is 2.03 bits per heavy atom. The van der Waals surface area contributed by atoms with E-state index < -0.39 is 0 Å². The quantitative estimate of drug-likeness (QED) is 0.286. The van der Waals surface area contributed by atoms with Gasteiger partial charge in [-0.3, -0.25) is 0 Å². The lowest BCUT2D eigenvalue weighted by Crippen LogP contribution is -1.92. The van der Waals surface area contributed by atoms with Gasteiger partial charge in [-0.2, -0.15) is 0 Å². The summed E-state index contributed by atoms with van der Waals surface area (Å²) in [5.74, 6) is 2.25. The summed E-state index contributed by atoms with van der Waals surface area (Å²) in [6.07, 6.45) is 10.5. The average Bonchev–Trinajstić information content (AvgIpc) is 3.44. The van der Waals surface area contributed by atoms with Crippen LogP contribution in [-0.2, 0) is 19.3 Å². The van der Waals surface area contributed by atoms with Crippen molar-refractivity contribution in [3.05, 3.63) is 89.6 Å². The fourth-order valence-electron chi connectivity index (χ4n) is 3.79. The van der Waals surface area contributed by atoms with Crippen molar-refractivity contribution >= 4 is 10.9 Å². The Morgan fingerprint density at radius 1 is 0.765 bits per heavy atom. The van der Waals surface area contributed by atoms with Crippen LogP contribution in [0.15, 0.2) is 67.3 Å². The lowest BCUT2D eigenvalue weighted by molar-refractivity contribution is 0.586. The van der Waals surface area contributed by atoms with Gasteiger partial charge in [0, 0.05) is 29.0 Å². The largest absolute Gasteiger partial charge is 0.361 e. The van der Waals surface area contributed by atoms with Crippen molar-refractivity contribution in [2.75, 3.05) is 0 Å². The van der Waals surface area contributed by atoms with E-state index in [0.717, 1.165) is 24.7 Å². The Morgan fingerprint density at radius 2 is 1.44 bits per heavy atom. The first kappa shape index (κ1) is 27.4. The van der Waals surface area contributed by atoms with E-state index in [1.54, 1.807) is 6.33 Å². The molecule has 3 heteroatoms. The zero-order chi connectivity index (χ0) is 24.9. The second-order valence-electron chi connectivity index (χ2n) is 10.6. The molecule has 4 aromatic rings. The van der Waals surface area contributed by atoms with Gasteiger partial charge in [-0.25, -0.2) is 4.98 Å². The first-order valence-electron chi connectivity index (χ1n) is 12.8. The van der Waals surface area contributed by atoms with Crippen LogP contribution in [0, 0.1) is 24.7 Å². The van der Waals surface area contributed by atoms with E-state index in [2.05, 4.69) is 118 Å². The van der Waals surface area contributed by atoms with Gasteiger partial charge in [0.25, 0.3) is 0 Å². The van der Waals surface area contributed by atoms with E-state index in [-0.39, 0.29) is 0 Å². The minimum atomic E-state index is 0.713. The normalized spacial score (nSPS) is 10.9. The third-order valence-corrected chi connectivity index (χ3v) is 5.62. The summed E-state index contributed by atoms with van der Waals surface area (Å²) in [6, 6.07) is 17.3. The standard InChI is InChI=1S/C12H15N.C12H18.C7H12N2/c1-9(2)7-10-8-13-12-6-4-3-5-11(10)12;1-10(2)4-7-12-8-5-11(3)6-9-12;1-6(2)3-7-4-8-5-9-7/h3-6,8-9,13H,7H2,1-2H3;5-6,8-10H,4,7H2,1-3H3;4-6H,3H2,1-2H3,(H,8,9). The lowest BCUT2D eigenvalue weighted by atomic mass is 10.0. The zero-order valence-electron chi connectivity index (χ0n) is 22.4. The van der Waals surface area contributed by atoms with Crippen LogP contribution >= 0.6 is 0 Å². The summed E-state index contributed by atoms with van der Waals surface area (Å²) in [5, 5.41) is 1.37. The maximum Gasteiger partial charge on any atom is 0.0921 e. The van der Waals surface area contributed by atoms with Gasteiger partial charge in [0.1, 0.15) is 0 Å². The minimum Gasteiger partial charge on any atom is -0.361 e. The monoisotopic (exact) mass is 459 g/mol. The molecule has 2 heterocycles. The molecule has 0 saturated heterocycles. The Bertz CT molecular complexity index is 1040. The highest BCUT2D eigenvalue weighted by atomic mass is 14.9. The van der Waals surface area contributed by atoms with Gasteiger partial charge in [-0.15, -0.1) is 0 Å². The molecule has 184 valence electrons. The van der Waals surface area contributed by atoms with Crippen LogP contribution in [0.5, 0.6) is 0 Å². The second-order valence-corrected chi connectivity index (χ2v) is 10.6. The number of benzene rings is 2. The van der Waals surface area contributed by atoms with Crippen molar-refractivity contribution in [1.82, 2.24) is 15.0 Å². The van der Waals surface area contributed by atoms with Crippen molar-refractivity contribution in [3.8, 4) is 0 Å². The summed E-state index contributed by atoms with van der Waals surface area (Å²) in [5.41, 5.74) is 6.73. The van der Waals surface area contributed by atoms with E-state index in [1.165, 1.54) is 46.1 Å². The van der Waals surface area contributed by atoms with Gasteiger partial charge in [0.15, 0.2) is 0 Å². The van der Waals surface area contributed by atoms with Crippen LogP contribution in [0.25, 0.3) is 10.9 Å². The van der Waals surface area contributed by atoms with Crippen molar-refractivity contribution in [3.63, 3.8) is 0 Å². The molecule has 0 aliphatic carbocycles. The zero-order valence-corrected chi connectivity index (χ0v) is 22.4. The number of imidazole rings is 1. The third-order valence-electron chi connectivity index (χ3n) is 5.62. The van der Waals surface area contributed by atoms with Crippen molar-refractivity contribution in [1.29, 1.82) is 0 Å². The molecular weight excluding hydrogens is 414 g/mol. The number of nitrogens with one attached hydrogen (secondary N) is 2. The molecule has 0 spiro atoms. The van der Waals surface area contributed by atoms with Gasteiger partial charge in [-0.1, -0.05) is 89.6 Å². The first-order chi connectivity index (χ1) is 16.2. The maximum atomic E-state index is 3.92. The third kappa shape index (κ3) is 10.4. The number of para-hydroxylation sites is 1. The first-order valence-corrected chi connectivity index (χ1v) is 12.8. The predicted octanol–water partition coefficient (Wildman–Crippen LogP) is 8.56. The highest BCUT2D eigenvalue weighted by Crippen LogP contribution is 2.20. The molecule has 0 saturated carbocycles. The van der Waals surface area contributed by atoms with Gasteiger partial charge in [-0.05, 0) is 67.6 Å². The van der Waals surface area contributed by atoms with Crippen molar-refractivity contribution < 1.29 is 0 Å². The Balaban J connectivity index is 0.000000183. The molecule has 2 N–H and O–H groups in total. The van der Waals surface area contributed by atoms with Crippen molar-refractivity contribution in [2.45, 2.75) is 74.1 Å². The van der Waals surface area contributed by atoms with Gasteiger partial charge < -0.3 is 9.97 Å². The summed E-state index contributed by atoms with van der Waals surface area (Å²) in [4.78, 5) is 10.3. The Hall–Kier alpha value is -2.81. The number of H-pyrrole nitrogens is 2. The number of aryl methyl sites for hydroxylation is 2. The number of hydrogen-bond acceptors (Lipinski definition) is 1. The summed E-state index contributed by atoms with van der Waals surface area (Å²) < 4.78 is 0. The summed E-state index contributed by atoms with van der Waals surface area (Å²) >= 11 is 0. The van der Waals surface area contributed by atoms with Gasteiger partial charge in [0.05, 0.1) is 6.33 Å². The minimum absolute atomic E-state index is 0.713. The maximum absolute atomic E-state index is 3.92. The number of rotatable bonds is 7. The molecule has 0 radical (unpaired) electrons. The van der Waals surface area contributed by atoms with Crippen LogP contribution in [0.2, 0.25) is 0 Å². The molecule has 2 aromatic carbocycles. The molecule has 34 heavy (non-hydrogen) atoms. The van der Waals surface area contributed by atoms with E-state index >= 15 is 0 Å². The molecule has 4 rings (SSSR count). The molecule has 2 aromatic heterocycles.